The fraction of sp³-hybridized carbons (Fsp3) is 0.538. The quantitative estimate of drug-likeness (QED) is 0.883. The average Bonchev–Trinajstić information content (AvgIpc) is 3.00. The zero-order valence-corrected chi connectivity index (χ0v) is 11.6. The minimum atomic E-state index is -0.0456. The first kappa shape index (κ1) is 14.9. The summed E-state index contributed by atoms with van der Waals surface area (Å²) >= 11 is 0. The molecule has 1 aromatic rings. The van der Waals surface area contributed by atoms with E-state index in [9.17, 15) is 4.79 Å². The van der Waals surface area contributed by atoms with Crippen molar-refractivity contribution in [2.75, 3.05) is 5.32 Å². The Kier molecular flexibility index (Phi) is 5.11. The smallest absolute Gasteiger partial charge is 0.225 e. The molecule has 1 unspecified atom stereocenters. The first-order valence-corrected chi connectivity index (χ1v) is 6.08. The molecule has 5 heteroatoms. The number of hydrogen-bond acceptors (Lipinski definition) is 3. The summed E-state index contributed by atoms with van der Waals surface area (Å²) in [5, 5.41) is 2.84. The van der Waals surface area contributed by atoms with Crippen LogP contribution in [0.2, 0.25) is 0 Å². The second-order valence-corrected chi connectivity index (χ2v) is 4.91. The molecule has 1 aliphatic rings. The number of nitrogens with two attached hydrogens (primary N) is 1. The van der Waals surface area contributed by atoms with Crippen LogP contribution < -0.4 is 11.1 Å². The molecular formula is C13H20ClN3O. The number of nitrogens with one attached hydrogen (secondary N) is 1. The Bertz CT molecular complexity index is 430. The molecular weight excluding hydrogens is 250 g/mol. The summed E-state index contributed by atoms with van der Waals surface area (Å²) in [4.78, 5) is 16.0. The third-order valence-corrected chi connectivity index (χ3v) is 2.94. The van der Waals surface area contributed by atoms with Crippen molar-refractivity contribution in [2.45, 2.75) is 39.2 Å². The minimum Gasteiger partial charge on any atom is -0.324 e. The normalized spacial score (nSPS) is 15.7. The Morgan fingerprint density at radius 3 is 2.78 bits per heavy atom. The lowest BCUT2D eigenvalue weighted by Gasteiger charge is -2.10. The van der Waals surface area contributed by atoms with E-state index in [1.807, 2.05) is 26.0 Å². The molecule has 0 aliphatic heterocycles. The molecule has 1 atom stereocenters. The molecule has 0 radical (unpaired) electrons. The number of aryl methyl sites for hydroxylation is 1. The lowest BCUT2D eigenvalue weighted by molar-refractivity contribution is -0.116. The van der Waals surface area contributed by atoms with Crippen molar-refractivity contribution in [3.8, 4) is 0 Å². The largest absolute Gasteiger partial charge is 0.324 e. The molecule has 4 nitrogen and oxygen atoms in total. The van der Waals surface area contributed by atoms with E-state index in [-0.39, 0.29) is 24.4 Å². The summed E-state index contributed by atoms with van der Waals surface area (Å²) in [7, 11) is 0. The molecule has 1 heterocycles. The van der Waals surface area contributed by atoms with E-state index in [4.69, 9.17) is 5.73 Å². The average molecular weight is 270 g/mol. The molecule has 1 aliphatic carbocycles. The fourth-order valence-corrected chi connectivity index (χ4v) is 1.80. The van der Waals surface area contributed by atoms with E-state index < -0.39 is 0 Å². The molecule has 1 amide bonds. The Balaban J connectivity index is 0.00000162. The zero-order valence-electron chi connectivity index (χ0n) is 10.8. The maximum absolute atomic E-state index is 11.7. The van der Waals surface area contributed by atoms with Crippen LogP contribution >= 0.6 is 12.4 Å². The number of carbonyl (C=O) groups excluding carboxylic acids is 1. The number of rotatable bonds is 4. The van der Waals surface area contributed by atoms with Gasteiger partial charge in [0, 0.05) is 18.2 Å². The van der Waals surface area contributed by atoms with Crippen molar-refractivity contribution in [3.05, 3.63) is 23.4 Å². The Morgan fingerprint density at radius 1 is 1.56 bits per heavy atom. The summed E-state index contributed by atoms with van der Waals surface area (Å²) in [6.45, 7) is 3.83. The topological polar surface area (TPSA) is 68.0 Å². The lowest BCUT2D eigenvalue weighted by atomic mass is 10.1. The number of carbonyl (C=O) groups is 1. The van der Waals surface area contributed by atoms with Crippen molar-refractivity contribution in [1.29, 1.82) is 0 Å². The molecule has 0 saturated heterocycles. The van der Waals surface area contributed by atoms with E-state index in [0.717, 1.165) is 11.3 Å². The van der Waals surface area contributed by atoms with Gasteiger partial charge >= 0.3 is 0 Å². The zero-order chi connectivity index (χ0) is 12.4. The van der Waals surface area contributed by atoms with E-state index in [1.165, 1.54) is 12.8 Å². The van der Waals surface area contributed by atoms with Gasteiger partial charge in [-0.3, -0.25) is 4.79 Å². The third kappa shape index (κ3) is 4.27. The van der Waals surface area contributed by atoms with Gasteiger partial charge in [0.25, 0.3) is 0 Å². The van der Waals surface area contributed by atoms with Crippen LogP contribution in [0.3, 0.4) is 0 Å². The Labute approximate surface area is 114 Å². The SMILES string of the molecule is Cc1cc(C(C)N)cc(NC(=O)CC2CC2)n1.Cl. The molecule has 1 saturated carbocycles. The number of nitrogens with zero attached hydrogens (tertiary/aromatic N) is 1. The maximum atomic E-state index is 11.7. The molecule has 0 aromatic carbocycles. The summed E-state index contributed by atoms with van der Waals surface area (Å²) in [6, 6.07) is 3.75. The number of halogens is 1. The predicted octanol–water partition coefficient (Wildman–Crippen LogP) is 2.57. The van der Waals surface area contributed by atoms with Crippen molar-refractivity contribution >= 4 is 24.1 Å². The first-order valence-electron chi connectivity index (χ1n) is 6.08. The van der Waals surface area contributed by atoms with E-state index >= 15 is 0 Å². The Hall–Kier alpha value is -1.13. The standard InChI is InChI=1S/C13H19N3O.ClH/c1-8-5-11(9(2)14)7-12(15-8)16-13(17)6-10-3-4-10;/h5,7,9-10H,3-4,6,14H2,1-2H3,(H,15,16,17);1H. The van der Waals surface area contributed by atoms with Gasteiger partial charge in [-0.05, 0) is 50.3 Å². The Morgan fingerprint density at radius 2 is 2.22 bits per heavy atom. The highest BCUT2D eigenvalue weighted by atomic mass is 35.5. The first-order chi connectivity index (χ1) is 8.04. The molecule has 1 fully saturated rings. The van der Waals surface area contributed by atoms with Gasteiger partial charge in [0.1, 0.15) is 5.82 Å². The summed E-state index contributed by atoms with van der Waals surface area (Å²) < 4.78 is 0. The van der Waals surface area contributed by atoms with Crippen molar-refractivity contribution in [2.24, 2.45) is 11.7 Å². The van der Waals surface area contributed by atoms with E-state index in [1.54, 1.807) is 0 Å². The number of hydrogen-bond donors (Lipinski definition) is 2. The number of pyridine rings is 1. The number of anilines is 1. The van der Waals surface area contributed by atoms with Gasteiger partial charge in [-0.2, -0.15) is 0 Å². The van der Waals surface area contributed by atoms with Crippen LogP contribution in [0.4, 0.5) is 5.82 Å². The lowest BCUT2D eigenvalue weighted by Crippen LogP contribution is -2.14. The van der Waals surface area contributed by atoms with Crippen LogP contribution in [0, 0.1) is 12.8 Å². The predicted molar refractivity (Wildman–Crippen MR) is 74.8 cm³/mol. The van der Waals surface area contributed by atoms with Crippen LogP contribution in [-0.2, 0) is 4.79 Å². The summed E-state index contributed by atoms with van der Waals surface area (Å²) in [5.74, 6) is 1.26. The summed E-state index contributed by atoms with van der Waals surface area (Å²) in [5.41, 5.74) is 7.71. The van der Waals surface area contributed by atoms with Gasteiger partial charge in [-0.25, -0.2) is 4.98 Å². The van der Waals surface area contributed by atoms with Crippen LogP contribution in [0.25, 0.3) is 0 Å². The maximum Gasteiger partial charge on any atom is 0.225 e. The second-order valence-electron chi connectivity index (χ2n) is 4.91. The van der Waals surface area contributed by atoms with Gasteiger partial charge < -0.3 is 11.1 Å². The molecule has 0 spiro atoms. The van der Waals surface area contributed by atoms with Gasteiger partial charge in [-0.1, -0.05) is 0 Å². The highest BCUT2D eigenvalue weighted by Gasteiger charge is 2.24. The number of aromatic nitrogens is 1. The molecule has 100 valence electrons. The van der Waals surface area contributed by atoms with Crippen molar-refractivity contribution in [3.63, 3.8) is 0 Å². The van der Waals surface area contributed by atoms with Gasteiger partial charge in [0.05, 0.1) is 0 Å². The van der Waals surface area contributed by atoms with E-state index in [2.05, 4.69) is 10.3 Å². The monoisotopic (exact) mass is 269 g/mol. The fourth-order valence-electron chi connectivity index (χ4n) is 1.80. The van der Waals surface area contributed by atoms with E-state index in [0.29, 0.717) is 18.2 Å². The summed E-state index contributed by atoms with van der Waals surface area (Å²) in [6.07, 6.45) is 2.97. The van der Waals surface area contributed by atoms with Gasteiger partial charge in [0.2, 0.25) is 5.91 Å². The van der Waals surface area contributed by atoms with Crippen LogP contribution in [0.15, 0.2) is 12.1 Å². The van der Waals surface area contributed by atoms with Gasteiger partial charge in [0.15, 0.2) is 0 Å². The molecule has 18 heavy (non-hydrogen) atoms. The van der Waals surface area contributed by atoms with Crippen LogP contribution in [0.1, 0.15) is 43.5 Å². The molecule has 2 rings (SSSR count). The molecule has 1 aromatic heterocycles. The van der Waals surface area contributed by atoms with Gasteiger partial charge in [-0.15, -0.1) is 12.4 Å². The third-order valence-electron chi connectivity index (χ3n) is 2.94. The minimum absolute atomic E-state index is 0. The van der Waals surface area contributed by atoms with Crippen molar-refractivity contribution < 1.29 is 4.79 Å². The van der Waals surface area contributed by atoms with Crippen LogP contribution in [-0.4, -0.2) is 10.9 Å². The van der Waals surface area contributed by atoms with Crippen molar-refractivity contribution in [1.82, 2.24) is 4.98 Å². The highest BCUT2D eigenvalue weighted by Crippen LogP contribution is 2.32. The second kappa shape index (κ2) is 6.16. The number of amides is 1. The molecule has 3 N–H and O–H groups in total. The highest BCUT2D eigenvalue weighted by molar-refractivity contribution is 5.90. The molecule has 0 bridgehead atoms. The van der Waals surface area contributed by atoms with Crippen LogP contribution in [0.5, 0.6) is 0 Å².